The lowest BCUT2D eigenvalue weighted by atomic mass is 10.1. The first-order valence-electron chi connectivity index (χ1n) is 9.56. The fourth-order valence-corrected chi connectivity index (χ4v) is 3.17. The van der Waals surface area contributed by atoms with Crippen molar-refractivity contribution in [2.45, 2.75) is 38.5 Å². The van der Waals surface area contributed by atoms with Gasteiger partial charge in [0.2, 0.25) is 0 Å². The lowest BCUT2D eigenvalue weighted by Gasteiger charge is -2.22. The van der Waals surface area contributed by atoms with Crippen molar-refractivity contribution in [3.05, 3.63) is 95.2 Å². The van der Waals surface area contributed by atoms with Crippen molar-refractivity contribution in [3.8, 4) is 0 Å². The van der Waals surface area contributed by atoms with Crippen LogP contribution in [0.15, 0.2) is 71.1 Å². The van der Waals surface area contributed by atoms with E-state index in [1.807, 2.05) is 42.5 Å². The second-order valence-electron chi connectivity index (χ2n) is 7.24. The molecule has 1 aromatic heterocycles. The van der Waals surface area contributed by atoms with Crippen LogP contribution in [-0.4, -0.2) is 16.8 Å². The van der Waals surface area contributed by atoms with Crippen LogP contribution in [0.1, 0.15) is 40.3 Å². The minimum Gasteiger partial charge on any atom is -0.455 e. The van der Waals surface area contributed by atoms with Crippen LogP contribution in [0.25, 0.3) is 0 Å². The zero-order chi connectivity index (χ0) is 19.3. The molecule has 5 heteroatoms. The molecule has 1 N–H and O–H groups in total. The highest BCUT2D eigenvalue weighted by atomic mass is 19.1. The van der Waals surface area contributed by atoms with Crippen molar-refractivity contribution in [2.75, 3.05) is 0 Å². The van der Waals surface area contributed by atoms with Gasteiger partial charge in [-0.1, -0.05) is 48.5 Å². The number of carbonyl (C=O) groups excluding carboxylic acids is 1. The molecule has 0 atom stereocenters. The summed E-state index contributed by atoms with van der Waals surface area (Å²) >= 11 is 0. The molecule has 4 nitrogen and oxygen atoms in total. The van der Waals surface area contributed by atoms with E-state index in [-0.39, 0.29) is 17.8 Å². The summed E-state index contributed by atoms with van der Waals surface area (Å²) in [4.78, 5) is 14.3. The zero-order valence-electron chi connectivity index (χ0n) is 15.6. The first-order valence-corrected chi connectivity index (χ1v) is 9.56. The Hall–Kier alpha value is -2.92. The van der Waals surface area contributed by atoms with Crippen LogP contribution in [0.3, 0.4) is 0 Å². The topological polar surface area (TPSA) is 45.5 Å². The van der Waals surface area contributed by atoms with Gasteiger partial charge in [-0.15, -0.1) is 0 Å². The first kappa shape index (κ1) is 18.4. The highest BCUT2D eigenvalue weighted by Gasteiger charge is 2.25. The van der Waals surface area contributed by atoms with Gasteiger partial charge in [-0.05, 0) is 36.6 Å². The molecule has 2 aromatic carbocycles. The average molecular weight is 378 g/mol. The summed E-state index contributed by atoms with van der Waals surface area (Å²) in [6.07, 6.45) is 2.07. The van der Waals surface area contributed by atoms with Crippen LogP contribution >= 0.6 is 0 Å². The fraction of sp³-hybridized carbons (Fsp3) is 0.261. The monoisotopic (exact) mass is 378 g/mol. The van der Waals surface area contributed by atoms with Crippen LogP contribution < -0.4 is 5.32 Å². The van der Waals surface area contributed by atoms with Gasteiger partial charge in [-0.2, -0.15) is 0 Å². The third kappa shape index (κ3) is 4.87. The molecule has 144 valence electrons. The Morgan fingerprint density at radius 2 is 1.71 bits per heavy atom. The number of hydrogen-bond acceptors (Lipinski definition) is 3. The molecule has 4 rings (SSSR count). The lowest BCUT2D eigenvalue weighted by Crippen LogP contribution is -2.25. The van der Waals surface area contributed by atoms with E-state index < -0.39 is 0 Å². The van der Waals surface area contributed by atoms with E-state index in [1.54, 1.807) is 18.2 Å². The summed E-state index contributed by atoms with van der Waals surface area (Å²) in [5, 5.41) is 2.93. The van der Waals surface area contributed by atoms with E-state index in [4.69, 9.17) is 4.42 Å². The summed E-state index contributed by atoms with van der Waals surface area (Å²) in [6, 6.07) is 20.7. The molecule has 28 heavy (non-hydrogen) atoms. The maximum absolute atomic E-state index is 14.2. The Bertz CT molecular complexity index is 935. The van der Waals surface area contributed by atoms with E-state index in [9.17, 15) is 9.18 Å². The third-order valence-electron chi connectivity index (χ3n) is 4.78. The number of carbonyl (C=O) groups is 1. The second kappa shape index (κ2) is 8.40. The van der Waals surface area contributed by atoms with Crippen LogP contribution in [0.2, 0.25) is 0 Å². The molecular weight excluding hydrogens is 355 g/mol. The van der Waals surface area contributed by atoms with E-state index >= 15 is 0 Å². The Kier molecular flexibility index (Phi) is 5.53. The predicted molar refractivity (Wildman–Crippen MR) is 105 cm³/mol. The number of halogens is 1. The SMILES string of the molecule is O=C(NC1CC1)c1ccc(CN(Cc2ccccc2)Cc2ccccc2F)o1. The molecule has 0 spiro atoms. The maximum Gasteiger partial charge on any atom is 0.287 e. The Labute approximate surface area is 164 Å². The standard InChI is InChI=1S/C23H23FN2O2/c24-21-9-5-4-8-18(21)15-26(14-17-6-2-1-3-7-17)16-20-12-13-22(28-20)23(27)25-19-10-11-19/h1-9,12-13,19H,10-11,14-16H2,(H,25,27). The number of benzene rings is 2. The molecule has 1 heterocycles. The van der Waals surface area contributed by atoms with Gasteiger partial charge in [0.25, 0.3) is 5.91 Å². The van der Waals surface area contributed by atoms with Gasteiger partial charge in [0.05, 0.1) is 6.54 Å². The lowest BCUT2D eigenvalue weighted by molar-refractivity contribution is 0.0918. The molecule has 0 saturated heterocycles. The number of nitrogens with one attached hydrogen (secondary N) is 1. The molecule has 1 saturated carbocycles. The summed E-state index contributed by atoms with van der Waals surface area (Å²) in [7, 11) is 0. The van der Waals surface area contributed by atoms with E-state index in [0.717, 1.165) is 18.4 Å². The molecule has 0 unspecified atom stereocenters. The smallest absolute Gasteiger partial charge is 0.287 e. The largest absolute Gasteiger partial charge is 0.455 e. The highest BCUT2D eigenvalue weighted by Crippen LogP contribution is 2.21. The van der Waals surface area contributed by atoms with E-state index in [0.29, 0.717) is 36.7 Å². The fourth-order valence-electron chi connectivity index (χ4n) is 3.17. The molecule has 1 fully saturated rings. The van der Waals surface area contributed by atoms with E-state index in [1.165, 1.54) is 6.07 Å². The number of nitrogens with zero attached hydrogens (tertiary/aromatic N) is 1. The van der Waals surface area contributed by atoms with Crippen LogP contribution in [-0.2, 0) is 19.6 Å². The zero-order valence-corrected chi connectivity index (χ0v) is 15.6. The van der Waals surface area contributed by atoms with Crippen LogP contribution in [0, 0.1) is 5.82 Å². The number of rotatable bonds is 8. The molecule has 1 amide bonds. The van der Waals surface area contributed by atoms with Crippen molar-refractivity contribution in [1.29, 1.82) is 0 Å². The number of amides is 1. The molecule has 0 aliphatic heterocycles. The molecule has 1 aliphatic carbocycles. The summed E-state index contributed by atoms with van der Waals surface area (Å²) in [5.41, 5.74) is 1.77. The predicted octanol–water partition coefficient (Wildman–Crippen LogP) is 4.51. The van der Waals surface area contributed by atoms with Gasteiger partial charge in [0.1, 0.15) is 11.6 Å². The average Bonchev–Trinajstić information content (AvgIpc) is 3.39. The van der Waals surface area contributed by atoms with Crippen molar-refractivity contribution in [3.63, 3.8) is 0 Å². The second-order valence-corrected chi connectivity index (χ2v) is 7.24. The minimum absolute atomic E-state index is 0.169. The normalized spacial score (nSPS) is 13.6. The number of hydrogen-bond donors (Lipinski definition) is 1. The highest BCUT2D eigenvalue weighted by molar-refractivity contribution is 5.91. The van der Waals surface area contributed by atoms with Crippen molar-refractivity contribution < 1.29 is 13.6 Å². The van der Waals surface area contributed by atoms with Crippen LogP contribution in [0.5, 0.6) is 0 Å². The van der Waals surface area contributed by atoms with Gasteiger partial charge >= 0.3 is 0 Å². The van der Waals surface area contributed by atoms with Crippen molar-refractivity contribution in [1.82, 2.24) is 10.2 Å². The Morgan fingerprint density at radius 1 is 0.964 bits per heavy atom. The summed E-state index contributed by atoms with van der Waals surface area (Å²) < 4.78 is 19.9. The van der Waals surface area contributed by atoms with Gasteiger partial charge in [0, 0.05) is 24.7 Å². The van der Waals surface area contributed by atoms with Gasteiger partial charge < -0.3 is 9.73 Å². The van der Waals surface area contributed by atoms with Gasteiger partial charge in [-0.3, -0.25) is 9.69 Å². The van der Waals surface area contributed by atoms with Crippen LogP contribution in [0.4, 0.5) is 4.39 Å². The minimum atomic E-state index is -0.218. The Balaban J connectivity index is 1.49. The van der Waals surface area contributed by atoms with E-state index in [2.05, 4.69) is 10.2 Å². The molecular formula is C23H23FN2O2. The molecule has 1 aliphatic rings. The summed E-state index contributed by atoms with van der Waals surface area (Å²) in [6.45, 7) is 1.59. The maximum atomic E-state index is 14.2. The molecule has 0 radical (unpaired) electrons. The van der Waals surface area contributed by atoms with Crippen molar-refractivity contribution >= 4 is 5.91 Å². The third-order valence-corrected chi connectivity index (χ3v) is 4.78. The molecule has 0 bridgehead atoms. The summed E-state index contributed by atoms with van der Waals surface area (Å²) in [5.74, 6) is 0.627. The first-order chi connectivity index (χ1) is 13.7. The van der Waals surface area contributed by atoms with Crippen molar-refractivity contribution in [2.24, 2.45) is 0 Å². The molecule has 3 aromatic rings. The van der Waals surface area contributed by atoms with Gasteiger partial charge in [-0.25, -0.2) is 4.39 Å². The quantitative estimate of drug-likeness (QED) is 0.627. The number of furan rings is 1. The Morgan fingerprint density at radius 3 is 2.46 bits per heavy atom. The van der Waals surface area contributed by atoms with Gasteiger partial charge in [0.15, 0.2) is 5.76 Å².